The molecule has 0 spiro atoms. The van der Waals surface area contributed by atoms with E-state index in [2.05, 4.69) is 35.8 Å². The van der Waals surface area contributed by atoms with E-state index < -0.39 is 0 Å². The van der Waals surface area contributed by atoms with E-state index in [0.717, 1.165) is 5.82 Å². The molecular weight excluding hydrogens is 264 g/mol. The third kappa shape index (κ3) is 3.77. The summed E-state index contributed by atoms with van der Waals surface area (Å²) in [6.07, 6.45) is 6.41. The summed E-state index contributed by atoms with van der Waals surface area (Å²) >= 11 is 0. The van der Waals surface area contributed by atoms with Gasteiger partial charge in [-0.3, -0.25) is 0 Å². The fraction of sp³-hybridized carbons (Fsp3) is 0.750. The lowest BCUT2D eigenvalue weighted by Crippen LogP contribution is -2.38. The van der Waals surface area contributed by atoms with Crippen LogP contribution < -0.4 is 15.4 Å². The molecule has 1 aromatic rings. The number of hydrogen-bond donors (Lipinski definition) is 1. The Morgan fingerprint density at radius 2 is 1.90 bits per heavy atom. The fourth-order valence-electron chi connectivity index (χ4n) is 2.91. The van der Waals surface area contributed by atoms with Gasteiger partial charge in [0.2, 0.25) is 5.88 Å². The second kappa shape index (κ2) is 6.08. The van der Waals surface area contributed by atoms with Gasteiger partial charge in [0, 0.05) is 13.1 Å². The number of nitrogens with two attached hydrogens (primary N) is 1. The maximum atomic E-state index is 6.20. The quantitative estimate of drug-likeness (QED) is 0.923. The Kier molecular flexibility index (Phi) is 4.59. The van der Waals surface area contributed by atoms with Gasteiger partial charge in [-0.1, -0.05) is 13.8 Å². The highest BCUT2D eigenvalue weighted by atomic mass is 16.5. The van der Waals surface area contributed by atoms with Gasteiger partial charge in [-0.05, 0) is 44.9 Å². The van der Waals surface area contributed by atoms with E-state index in [4.69, 9.17) is 10.5 Å². The molecule has 1 aromatic heterocycles. The van der Waals surface area contributed by atoms with Crippen LogP contribution >= 0.6 is 0 Å². The number of hydrogen-bond acceptors (Lipinski definition) is 5. The molecule has 1 fully saturated rings. The first-order valence-electron chi connectivity index (χ1n) is 7.80. The average molecular weight is 292 g/mol. The average Bonchev–Trinajstić information content (AvgIpc) is 2.40. The van der Waals surface area contributed by atoms with Crippen LogP contribution in [-0.4, -0.2) is 29.2 Å². The normalized spacial score (nSPS) is 18.8. The molecule has 0 unspecified atom stereocenters. The van der Waals surface area contributed by atoms with E-state index in [9.17, 15) is 0 Å². The van der Waals surface area contributed by atoms with Gasteiger partial charge in [0.25, 0.3) is 0 Å². The van der Waals surface area contributed by atoms with Gasteiger partial charge in [-0.25, -0.2) is 4.98 Å². The molecule has 0 saturated heterocycles. The largest absolute Gasteiger partial charge is 0.473 e. The molecule has 0 aliphatic heterocycles. The molecule has 5 heteroatoms. The van der Waals surface area contributed by atoms with Crippen molar-refractivity contribution in [1.29, 1.82) is 0 Å². The minimum atomic E-state index is 0.0517. The Bertz CT molecular complexity index is 477. The zero-order valence-electron chi connectivity index (χ0n) is 13.9. The lowest BCUT2D eigenvalue weighted by atomic mass is 9.75. The van der Waals surface area contributed by atoms with Crippen LogP contribution in [0.1, 0.15) is 53.4 Å². The molecule has 1 saturated carbocycles. The van der Waals surface area contributed by atoms with Gasteiger partial charge in [0.15, 0.2) is 5.82 Å². The Morgan fingerprint density at radius 1 is 1.29 bits per heavy atom. The number of rotatable bonds is 4. The Balaban J connectivity index is 2.14. The van der Waals surface area contributed by atoms with Crippen molar-refractivity contribution in [3.05, 3.63) is 6.33 Å². The van der Waals surface area contributed by atoms with Crippen molar-refractivity contribution in [2.75, 3.05) is 17.7 Å². The summed E-state index contributed by atoms with van der Waals surface area (Å²) in [6.45, 7) is 8.62. The van der Waals surface area contributed by atoms with Crippen LogP contribution in [0, 0.1) is 5.41 Å². The maximum absolute atomic E-state index is 6.20. The molecule has 2 rings (SSSR count). The van der Waals surface area contributed by atoms with Crippen molar-refractivity contribution >= 4 is 11.5 Å². The number of ether oxygens (including phenoxy) is 1. The fourth-order valence-corrected chi connectivity index (χ4v) is 2.91. The summed E-state index contributed by atoms with van der Waals surface area (Å²) in [4.78, 5) is 10.7. The molecule has 1 aliphatic carbocycles. The summed E-state index contributed by atoms with van der Waals surface area (Å²) in [5, 5.41) is 0. The van der Waals surface area contributed by atoms with Crippen molar-refractivity contribution in [1.82, 2.24) is 9.97 Å². The zero-order valence-corrected chi connectivity index (χ0v) is 13.9. The highest BCUT2D eigenvalue weighted by Crippen LogP contribution is 2.39. The van der Waals surface area contributed by atoms with Crippen LogP contribution in [0.15, 0.2) is 6.33 Å². The van der Waals surface area contributed by atoms with Gasteiger partial charge in [-0.2, -0.15) is 4.98 Å². The van der Waals surface area contributed by atoms with E-state index in [-0.39, 0.29) is 6.10 Å². The molecule has 5 nitrogen and oxygen atoms in total. The first-order chi connectivity index (χ1) is 9.80. The van der Waals surface area contributed by atoms with Crippen molar-refractivity contribution < 1.29 is 4.74 Å². The summed E-state index contributed by atoms with van der Waals surface area (Å²) in [5.74, 6) is 1.27. The van der Waals surface area contributed by atoms with E-state index in [1.165, 1.54) is 32.0 Å². The SMILES string of the molecule is CC(C)Oc1ncnc(N(C)C2CCC(C)(C)CC2)c1N. The van der Waals surface area contributed by atoms with E-state index >= 15 is 0 Å². The second-order valence-corrected chi connectivity index (χ2v) is 7.09. The molecule has 0 radical (unpaired) electrons. The molecule has 2 N–H and O–H groups in total. The molecule has 0 atom stereocenters. The van der Waals surface area contributed by atoms with E-state index in [1.54, 1.807) is 0 Å². The molecule has 0 aromatic carbocycles. The number of nitrogens with zero attached hydrogens (tertiary/aromatic N) is 3. The van der Waals surface area contributed by atoms with Crippen LogP contribution in [0.2, 0.25) is 0 Å². The van der Waals surface area contributed by atoms with Gasteiger partial charge in [0.05, 0.1) is 6.10 Å². The minimum Gasteiger partial charge on any atom is -0.473 e. The minimum absolute atomic E-state index is 0.0517. The van der Waals surface area contributed by atoms with Crippen molar-refractivity contribution in [3.8, 4) is 5.88 Å². The maximum Gasteiger partial charge on any atom is 0.242 e. The monoisotopic (exact) mass is 292 g/mol. The van der Waals surface area contributed by atoms with Crippen LogP contribution in [0.5, 0.6) is 5.88 Å². The molecular formula is C16H28N4O. The van der Waals surface area contributed by atoms with E-state index in [1.807, 2.05) is 13.8 Å². The standard InChI is InChI=1S/C16H28N4O/c1-11(2)21-15-13(17)14(18-10-19-15)20(5)12-6-8-16(3,4)9-7-12/h10-12H,6-9,17H2,1-5H3. The smallest absolute Gasteiger partial charge is 0.242 e. The van der Waals surface area contributed by atoms with Crippen molar-refractivity contribution in [2.24, 2.45) is 5.41 Å². The molecule has 0 bridgehead atoms. The van der Waals surface area contributed by atoms with Crippen LogP contribution in [0.3, 0.4) is 0 Å². The van der Waals surface area contributed by atoms with Crippen LogP contribution in [0.25, 0.3) is 0 Å². The lowest BCUT2D eigenvalue weighted by molar-refractivity contribution is 0.221. The number of nitrogen functional groups attached to an aromatic ring is 1. The van der Waals surface area contributed by atoms with Crippen molar-refractivity contribution in [3.63, 3.8) is 0 Å². The Morgan fingerprint density at radius 3 is 2.48 bits per heavy atom. The molecule has 1 aliphatic rings. The van der Waals surface area contributed by atoms with Gasteiger partial charge >= 0.3 is 0 Å². The lowest BCUT2D eigenvalue weighted by Gasteiger charge is -2.39. The predicted molar refractivity (Wildman–Crippen MR) is 86.6 cm³/mol. The van der Waals surface area contributed by atoms with Gasteiger partial charge in [0.1, 0.15) is 12.0 Å². The van der Waals surface area contributed by atoms with Gasteiger partial charge < -0.3 is 15.4 Å². The third-order valence-corrected chi connectivity index (χ3v) is 4.36. The summed E-state index contributed by atoms with van der Waals surface area (Å²) in [5.41, 5.74) is 7.20. The van der Waals surface area contributed by atoms with Crippen LogP contribution in [0.4, 0.5) is 11.5 Å². The highest BCUT2D eigenvalue weighted by molar-refractivity contribution is 5.67. The number of anilines is 2. The molecule has 21 heavy (non-hydrogen) atoms. The summed E-state index contributed by atoms with van der Waals surface area (Å²) in [7, 11) is 2.07. The first-order valence-corrected chi connectivity index (χ1v) is 7.80. The Hall–Kier alpha value is -1.52. The highest BCUT2D eigenvalue weighted by Gasteiger charge is 2.30. The third-order valence-electron chi connectivity index (χ3n) is 4.36. The zero-order chi connectivity index (χ0) is 15.6. The van der Waals surface area contributed by atoms with Gasteiger partial charge in [-0.15, -0.1) is 0 Å². The molecule has 118 valence electrons. The summed E-state index contributed by atoms with van der Waals surface area (Å²) < 4.78 is 5.65. The molecule has 0 amide bonds. The predicted octanol–water partition coefficient (Wildman–Crippen LogP) is 3.25. The van der Waals surface area contributed by atoms with E-state index in [0.29, 0.717) is 23.0 Å². The van der Waals surface area contributed by atoms with Crippen molar-refractivity contribution in [2.45, 2.75) is 65.5 Å². The first kappa shape index (κ1) is 15.9. The topological polar surface area (TPSA) is 64.3 Å². The summed E-state index contributed by atoms with van der Waals surface area (Å²) in [6, 6.07) is 0.488. The Labute approximate surface area is 127 Å². The molecule has 1 heterocycles. The second-order valence-electron chi connectivity index (χ2n) is 7.09. The number of aromatic nitrogens is 2. The van der Waals surface area contributed by atoms with Crippen LogP contribution in [-0.2, 0) is 0 Å².